The van der Waals surface area contributed by atoms with E-state index in [1.54, 1.807) is 12.4 Å². The van der Waals surface area contributed by atoms with Gasteiger partial charge in [0.05, 0.1) is 5.69 Å². The Morgan fingerprint density at radius 3 is 2.88 bits per heavy atom. The fourth-order valence-corrected chi connectivity index (χ4v) is 2.81. The first kappa shape index (κ1) is 20.4. The number of amides is 1. The number of nitrogens with one attached hydrogen (secondary N) is 2. The van der Waals surface area contributed by atoms with E-state index in [1.165, 1.54) is 12.8 Å². The van der Waals surface area contributed by atoms with Crippen molar-refractivity contribution in [2.75, 3.05) is 11.9 Å². The highest BCUT2D eigenvalue weighted by molar-refractivity contribution is 5.92. The lowest BCUT2D eigenvalue weighted by Crippen LogP contribution is -2.23. The van der Waals surface area contributed by atoms with Crippen molar-refractivity contribution in [1.82, 2.24) is 19.9 Å². The van der Waals surface area contributed by atoms with Gasteiger partial charge in [-0.25, -0.2) is 9.97 Å². The second-order valence-corrected chi connectivity index (χ2v) is 5.60. The molecule has 1 aliphatic rings. The van der Waals surface area contributed by atoms with E-state index in [0.717, 1.165) is 18.8 Å². The molecule has 2 N–H and O–H groups in total. The Morgan fingerprint density at radius 1 is 1.38 bits per heavy atom. The molecule has 132 valence electrons. The van der Waals surface area contributed by atoms with Crippen molar-refractivity contribution >= 4 is 36.4 Å². The summed E-state index contributed by atoms with van der Waals surface area (Å²) >= 11 is 0. The lowest BCUT2D eigenvalue weighted by atomic mass is 10.1. The molecule has 0 bridgehead atoms. The summed E-state index contributed by atoms with van der Waals surface area (Å²) in [7, 11) is 0. The highest BCUT2D eigenvalue weighted by atomic mass is 35.5. The quantitative estimate of drug-likeness (QED) is 0.847. The Hall–Kier alpha value is -1.63. The molecule has 6 nitrogen and oxygen atoms in total. The van der Waals surface area contributed by atoms with Crippen LogP contribution in [0.4, 0.5) is 5.69 Å². The van der Waals surface area contributed by atoms with E-state index < -0.39 is 0 Å². The van der Waals surface area contributed by atoms with Crippen LogP contribution in [0.5, 0.6) is 0 Å². The van der Waals surface area contributed by atoms with Crippen LogP contribution in [-0.4, -0.2) is 33.0 Å². The Bertz CT molecular complexity index is 655. The van der Waals surface area contributed by atoms with Crippen molar-refractivity contribution in [2.24, 2.45) is 0 Å². The largest absolute Gasteiger partial charge is 0.323 e. The fourth-order valence-electron chi connectivity index (χ4n) is 2.81. The van der Waals surface area contributed by atoms with Gasteiger partial charge >= 0.3 is 0 Å². The number of carbonyl (C=O) groups is 1. The first-order valence-electron chi connectivity index (χ1n) is 7.72. The first-order valence-corrected chi connectivity index (χ1v) is 7.72. The zero-order valence-electron chi connectivity index (χ0n) is 13.6. The number of rotatable bonds is 5. The molecule has 1 unspecified atom stereocenters. The maximum atomic E-state index is 12.2. The van der Waals surface area contributed by atoms with Crippen molar-refractivity contribution in [3.8, 4) is 5.82 Å². The second-order valence-electron chi connectivity index (χ2n) is 5.60. The van der Waals surface area contributed by atoms with Gasteiger partial charge in [-0.1, -0.05) is 0 Å². The van der Waals surface area contributed by atoms with Crippen LogP contribution in [0.15, 0.2) is 30.7 Å². The van der Waals surface area contributed by atoms with Gasteiger partial charge in [-0.05, 0) is 44.9 Å². The van der Waals surface area contributed by atoms with E-state index in [9.17, 15) is 4.79 Å². The smallest absolute Gasteiger partial charge is 0.224 e. The molecule has 2 aromatic heterocycles. The van der Waals surface area contributed by atoms with Gasteiger partial charge in [-0.15, -0.1) is 24.8 Å². The molecule has 0 radical (unpaired) electrons. The molecule has 1 atom stereocenters. The Balaban J connectivity index is 0.00000144. The van der Waals surface area contributed by atoms with Crippen LogP contribution in [0.1, 0.15) is 31.5 Å². The number of imidazole rings is 1. The summed E-state index contributed by atoms with van der Waals surface area (Å²) in [6.45, 7) is 2.98. The van der Waals surface area contributed by atoms with Gasteiger partial charge < -0.3 is 10.6 Å². The molecule has 24 heavy (non-hydrogen) atoms. The molecule has 3 rings (SSSR count). The lowest BCUT2D eigenvalue weighted by molar-refractivity contribution is -0.116. The van der Waals surface area contributed by atoms with Gasteiger partial charge in [-0.2, -0.15) is 0 Å². The highest BCUT2D eigenvalue weighted by Gasteiger charge is 2.16. The molecule has 3 heterocycles. The summed E-state index contributed by atoms with van der Waals surface area (Å²) in [4.78, 5) is 20.8. The molecule has 0 spiro atoms. The summed E-state index contributed by atoms with van der Waals surface area (Å²) < 4.78 is 1.87. The normalized spacial score (nSPS) is 16.1. The summed E-state index contributed by atoms with van der Waals surface area (Å²) in [5.74, 6) is 1.56. The van der Waals surface area contributed by atoms with Crippen LogP contribution >= 0.6 is 24.8 Å². The fraction of sp³-hybridized carbons (Fsp3) is 0.438. The molecule has 0 aliphatic carbocycles. The number of carbonyl (C=O) groups excluding carboxylic acids is 1. The third-order valence-corrected chi connectivity index (χ3v) is 4.00. The van der Waals surface area contributed by atoms with Gasteiger partial charge in [0.15, 0.2) is 5.82 Å². The van der Waals surface area contributed by atoms with Crippen molar-refractivity contribution in [1.29, 1.82) is 0 Å². The van der Waals surface area contributed by atoms with E-state index in [1.807, 2.05) is 29.8 Å². The van der Waals surface area contributed by atoms with Crippen LogP contribution in [0.3, 0.4) is 0 Å². The number of hydrogen-bond acceptors (Lipinski definition) is 4. The topological polar surface area (TPSA) is 71.8 Å². The van der Waals surface area contributed by atoms with E-state index >= 15 is 0 Å². The average Bonchev–Trinajstić information content (AvgIpc) is 3.17. The third kappa shape index (κ3) is 4.93. The molecule has 0 saturated carbocycles. The van der Waals surface area contributed by atoms with Gasteiger partial charge in [0, 0.05) is 31.1 Å². The molecule has 8 heteroatoms. The van der Waals surface area contributed by atoms with E-state index in [0.29, 0.717) is 24.0 Å². The summed E-state index contributed by atoms with van der Waals surface area (Å²) in [6, 6.07) is 4.17. The molecule has 0 aromatic carbocycles. The van der Waals surface area contributed by atoms with Crippen LogP contribution in [-0.2, 0) is 4.79 Å². The minimum absolute atomic E-state index is 0. The Kier molecular flexibility index (Phi) is 8.18. The van der Waals surface area contributed by atoms with Crippen molar-refractivity contribution < 1.29 is 4.79 Å². The average molecular weight is 372 g/mol. The molecule has 1 saturated heterocycles. The number of hydrogen-bond donors (Lipinski definition) is 2. The summed E-state index contributed by atoms with van der Waals surface area (Å²) in [5, 5.41) is 6.38. The first-order chi connectivity index (χ1) is 10.7. The minimum Gasteiger partial charge on any atom is -0.323 e. The standard InChI is InChI=1S/C16H21N5O.2ClH/c1-12-17-10-11-21(12)16-14(5-3-9-19-16)20-15(22)7-6-13-4-2-8-18-13;;/h3,5,9-11,13,18H,2,4,6-8H2,1H3,(H,20,22);2*1H. The predicted octanol–water partition coefficient (Wildman–Crippen LogP) is 2.89. The number of nitrogens with zero attached hydrogens (tertiary/aromatic N) is 3. The number of pyridine rings is 1. The molecule has 1 fully saturated rings. The van der Waals surface area contributed by atoms with Crippen LogP contribution in [0, 0.1) is 6.92 Å². The second kappa shape index (κ2) is 9.61. The zero-order chi connectivity index (χ0) is 15.4. The molecule has 1 amide bonds. The van der Waals surface area contributed by atoms with Crippen molar-refractivity contribution in [3.05, 3.63) is 36.5 Å². The highest BCUT2D eigenvalue weighted by Crippen LogP contribution is 2.19. The summed E-state index contributed by atoms with van der Waals surface area (Å²) in [6.07, 6.45) is 9.06. The number of aromatic nitrogens is 3. The van der Waals surface area contributed by atoms with E-state index in [4.69, 9.17) is 0 Å². The van der Waals surface area contributed by atoms with Crippen LogP contribution in [0.25, 0.3) is 5.82 Å². The van der Waals surface area contributed by atoms with Gasteiger partial charge in [-0.3, -0.25) is 9.36 Å². The SMILES string of the molecule is Cc1nccn1-c1ncccc1NC(=O)CCC1CCCN1.Cl.Cl. The van der Waals surface area contributed by atoms with Gasteiger partial charge in [0.2, 0.25) is 5.91 Å². The zero-order valence-corrected chi connectivity index (χ0v) is 15.2. The van der Waals surface area contributed by atoms with Gasteiger partial charge in [0.25, 0.3) is 0 Å². The predicted molar refractivity (Wildman–Crippen MR) is 99.5 cm³/mol. The minimum atomic E-state index is 0. The molecule has 2 aromatic rings. The molecular formula is C16H23Cl2N5O. The van der Waals surface area contributed by atoms with Gasteiger partial charge in [0.1, 0.15) is 5.82 Å². The molecule has 1 aliphatic heterocycles. The number of anilines is 1. The lowest BCUT2D eigenvalue weighted by Gasteiger charge is -2.13. The van der Waals surface area contributed by atoms with E-state index in [-0.39, 0.29) is 30.7 Å². The third-order valence-electron chi connectivity index (χ3n) is 4.00. The monoisotopic (exact) mass is 371 g/mol. The Morgan fingerprint density at radius 2 is 2.21 bits per heavy atom. The van der Waals surface area contributed by atoms with Crippen LogP contribution in [0.2, 0.25) is 0 Å². The van der Waals surface area contributed by atoms with E-state index in [2.05, 4.69) is 20.6 Å². The number of aryl methyl sites for hydroxylation is 1. The van der Waals surface area contributed by atoms with Crippen molar-refractivity contribution in [3.63, 3.8) is 0 Å². The van der Waals surface area contributed by atoms with Crippen molar-refractivity contribution in [2.45, 2.75) is 38.6 Å². The molecular weight excluding hydrogens is 349 g/mol. The summed E-state index contributed by atoms with van der Waals surface area (Å²) in [5.41, 5.74) is 0.716. The maximum Gasteiger partial charge on any atom is 0.224 e. The van der Waals surface area contributed by atoms with Crippen LogP contribution < -0.4 is 10.6 Å². The Labute approximate surface area is 154 Å². The maximum absolute atomic E-state index is 12.2. The number of halogens is 2.